The third-order valence-corrected chi connectivity index (χ3v) is 2.43. The molecule has 1 amide bonds. The minimum atomic E-state index is 0.121. The summed E-state index contributed by atoms with van der Waals surface area (Å²) in [6, 6.07) is 0.293. The van der Waals surface area contributed by atoms with Gasteiger partial charge < -0.3 is 5.32 Å². The third-order valence-electron chi connectivity index (χ3n) is 1.49. The fourth-order valence-electron chi connectivity index (χ4n) is 0.654. The van der Waals surface area contributed by atoms with Crippen molar-refractivity contribution >= 4 is 17.7 Å². The Morgan fingerprint density at radius 3 is 2.92 bits per heavy atom. The summed E-state index contributed by atoms with van der Waals surface area (Å²) < 4.78 is 0. The number of nitrogens with one attached hydrogen (secondary N) is 1. The first kappa shape index (κ1) is 11.6. The Labute approximate surface area is 78.8 Å². The molecule has 0 bridgehead atoms. The van der Waals surface area contributed by atoms with E-state index in [0.29, 0.717) is 11.8 Å². The molecule has 3 heteroatoms. The van der Waals surface area contributed by atoms with Crippen LogP contribution in [0.5, 0.6) is 0 Å². The fraction of sp³-hybridized carbons (Fsp3) is 0.667. The second-order valence-electron chi connectivity index (χ2n) is 2.68. The molecule has 0 aromatic rings. The largest absolute Gasteiger partial charge is 0.353 e. The Kier molecular flexibility index (Phi) is 6.96. The lowest BCUT2D eigenvalue weighted by atomic mass is 10.3. The Bertz CT molecular complexity index is 147. The molecule has 2 nitrogen and oxygen atoms in total. The van der Waals surface area contributed by atoms with Crippen molar-refractivity contribution in [3.63, 3.8) is 0 Å². The average molecular weight is 187 g/mol. The van der Waals surface area contributed by atoms with Gasteiger partial charge in [0.15, 0.2) is 0 Å². The van der Waals surface area contributed by atoms with Crippen molar-refractivity contribution in [1.82, 2.24) is 5.32 Å². The summed E-state index contributed by atoms with van der Waals surface area (Å²) in [6.07, 6.45) is 2.79. The first-order valence-corrected chi connectivity index (χ1v) is 5.34. The van der Waals surface area contributed by atoms with Gasteiger partial charge >= 0.3 is 0 Å². The quantitative estimate of drug-likeness (QED) is 0.507. The summed E-state index contributed by atoms with van der Waals surface area (Å²) in [7, 11) is 0. The van der Waals surface area contributed by atoms with E-state index in [4.69, 9.17) is 0 Å². The van der Waals surface area contributed by atoms with Gasteiger partial charge in [-0.1, -0.05) is 13.0 Å². The van der Waals surface area contributed by atoms with Crippen LogP contribution < -0.4 is 5.32 Å². The zero-order valence-electron chi connectivity index (χ0n) is 7.80. The predicted octanol–water partition coefficient (Wildman–Crippen LogP) is 1.82. The maximum atomic E-state index is 11.1. The molecule has 0 aromatic carbocycles. The Morgan fingerprint density at radius 2 is 2.42 bits per heavy atom. The number of carbonyl (C=O) groups is 1. The van der Waals surface area contributed by atoms with Crippen molar-refractivity contribution in [2.24, 2.45) is 0 Å². The van der Waals surface area contributed by atoms with E-state index in [1.54, 1.807) is 17.8 Å². The average Bonchev–Trinajstić information content (AvgIpc) is 2.05. The highest BCUT2D eigenvalue weighted by molar-refractivity contribution is 8.00. The number of hydrogen-bond acceptors (Lipinski definition) is 2. The van der Waals surface area contributed by atoms with E-state index in [1.165, 1.54) is 0 Å². The molecule has 0 fully saturated rings. The molecule has 0 saturated heterocycles. The second kappa shape index (κ2) is 7.22. The summed E-state index contributed by atoms with van der Waals surface area (Å²) in [4.78, 5) is 11.1. The first-order valence-electron chi connectivity index (χ1n) is 4.18. The van der Waals surface area contributed by atoms with Crippen molar-refractivity contribution in [2.75, 3.05) is 11.5 Å². The molecule has 0 heterocycles. The summed E-state index contributed by atoms with van der Waals surface area (Å²) in [5.74, 6) is 1.50. The molecule has 0 spiro atoms. The van der Waals surface area contributed by atoms with E-state index >= 15 is 0 Å². The van der Waals surface area contributed by atoms with Gasteiger partial charge in [0.1, 0.15) is 0 Å². The van der Waals surface area contributed by atoms with Gasteiger partial charge in [0.05, 0.1) is 5.75 Å². The maximum absolute atomic E-state index is 11.1. The molecule has 0 radical (unpaired) electrons. The standard InChI is InChI=1S/C9H17NOS/c1-4-6-12-7-9(11)10-8(3)5-2/h4,8H,1,5-7H2,2-3H3,(H,10,11). The van der Waals surface area contributed by atoms with Gasteiger partial charge in [-0.15, -0.1) is 18.3 Å². The van der Waals surface area contributed by atoms with Crippen molar-refractivity contribution in [1.29, 1.82) is 0 Å². The lowest BCUT2D eigenvalue weighted by Gasteiger charge is -2.10. The van der Waals surface area contributed by atoms with Gasteiger partial charge in [-0.2, -0.15) is 0 Å². The Morgan fingerprint density at radius 1 is 1.75 bits per heavy atom. The summed E-state index contributed by atoms with van der Waals surface area (Å²) >= 11 is 1.58. The van der Waals surface area contributed by atoms with Crippen LogP contribution in [-0.4, -0.2) is 23.5 Å². The van der Waals surface area contributed by atoms with Crippen molar-refractivity contribution in [2.45, 2.75) is 26.3 Å². The molecule has 1 unspecified atom stereocenters. The maximum Gasteiger partial charge on any atom is 0.230 e. The van der Waals surface area contributed by atoms with Crippen LogP contribution in [0.3, 0.4) is 0 Å². The van der Waals surface area contributed by atoms with E-state index in [1.807, 2.05) is 6.92 Å². The lowest BCUT2D eigenvalue weighted by molar-refractivity contribution is -0.119. The topological polar surface area (TPSA) is 29.1 Å². The van der Waals surface area contributed by atoms with E-state index in [9.17, 15) is 4.79 Å². The van der Waals surface area contributed by atoms with E-state index in [2.05, 4.69) is 18.8 Å². The monoisotopic (exact) mass is 187 g/mol. The predicted molar refractivity (Wildman–Crippen MR) is 55.4 cm³/mol. The molecule has 12 heavy (non-hydrogen) atoms. The molecule has 0 aliphatic carbocycles. The number of rotatable bonds is 6. The van der Waals surface area contributed by atoms with Crippen LogP contribution in [0.25, 0.3) is 0 Å². The number of carbonyl (C=O) groups excluding carboxylic acids is 1. The van der Waals surface area contributed by atoms with E-state index in [0.717, 1.165) is 12.2 Å². The van der Waals surface area contributed by atoms with Gasteiger partial charge in [0.25, 0.3) is 0 Å². The van der Waals surface area contributed by atoms with E-state index < -0.39 is 0 Å². The highest BCUT2D eigenvalue weighted by Crippen LogP contribution is 1.99. The minimum Gasteiger partial charge on any atom is -0.353 e. The molecule has 0 aromatic heterocycles. The second-order valence-corrected chi connectivity index (χ2v) is 3.71. The summed E-state index contributed by atoms with van der Waals surface area (Å²) in [6.45, 7) is 7.65. The molecule has 70 valence electrons. The van der Waals surface area contributed by atoms with Crippen molar-refractivity contribution in [3.8, 4) is 0 Å². The zero-order valence-corrected chi connectivity index (χ0v) is 8.62. The fourth-order valence-corrected chi connectivity index (χ4v) is 1.21. The molecular weight excluding hydrogens is 170 g/mol. The van der Waals surface area contributed by atoms with Gasteiger partial charge in [-0.3, -0.25) is 4.79 Å². The molecule has 0 saturated carbocycles. The van der Waals surface area contributed by atoms with Crippen molar-refractivity contribution in [3.05, 3.63) is 12.7 Å². The molecule has 0 aliphatic heterocycles. The van der Waals surface area contributed by atoms with E-state index in [-0.39, 0.29) is 5.91 Å². The highest BCUT2D eigenvalue weighted by Gasteiger charge is 2.03. The van der Waals surface area contributed by atoms with Crippen LogP contribution in [-0.2, 0) is 4.79 Å². The molecule has 0 rings (SSSR count). The minimum absolute atomic E-state index is 0.121. The first-order chi connectivity index (χ1) is 5.70. The van der Waals surface area contributed by atoms with Gasteiger partial charge in [0, 0.05) is 11.8 Å². The van der Waals surface area contributed by atoms with Gasteiger partial charge in [-0.25, -0.2) is 0 Å². The van der Waals surface area contributed by atoms with Gasteiger partial charge in [-0.05, 0) is 13.3 Å². The normalized spacial score (nSPS) is 12.2. The molecule has 1 atom stereocenters. The van der Waals surface area contributed by atoms with Crippen LogP contribution in [0.15, 0.2) is 12.7 Å². The smallest absolute Gasteiger partial charge is 0.230 e. The van der Waals surface area contributed by atoms with Crippen LogP contribution in [0.4, 0.5) is 0 Å². The molecule has 1 N–H and O–H groups in total. The highest BCUT2D eigenvalue weighted by atomic mass is 32.2. The number of thioether (sulfide) groups is 1. The zero-order chi connectivity index (χ0) is 9.40. The van der Waals surface area contributed by atoms with Crippen LogP contribution in [0.1, 0.15) is 20.3 Å². The van der Waals surface area contributed by atoms with Crippen LogP contribution in [0, 0.1) is 0 Å². The number of hydrogen-bond donors (Lipinski definition) is 1. The number of amides is 1. The third kappa shape index (κ3) is 6.28. The molecular formula is C9H17NOS. The Hall–Kier alpha value is -0.440. The van der Waals surface area contributed by atoms with Crippen molar-refractivity contribution < 1.29 is 4.79 Å². The summed E-state index contributed by atoms with van der Waals surface area (Å²) in [5, 5.41) is 2.89. The summed E-state index contributed by atoms with van der Waals surface area (Å²) in [5.41, 5.74) is 0. The van der Waals surface area contributed by atoms with Gasteiger partial charge in [0.2, 0.25) is 5.91 Å². The van der Waals surface area contributed by atoms with Crippen LogP contribution in [0.2, 0.25) is 0 Å². The SMILES string of the molecule is C=CCSCC(=O)NC(C)CC. The lowest BCUT2D eigenvalue weighted by Crippen LogP contribution is -2.33. The molecule has 0 aliphatic rings. The Balaban J connectivity index is 3.39. The van der Waals surface area contributed by atoms with Crippen LogP contribution >= 0.6 is 11.8 Å².